The van der Waals surface area contributed by atoms with Crippen LogP contribution >= 0.6 is 0 Å². The Morgan fingerprint density at radius 2 is 1.84 bits per heavy atom. The Hall–Kier alpha value is -2.78. The quantitative estimate of drug-likeness (QED) is 0.744. The molecule has 2 aliphatic heterocycles. The summed E-state index contributed by atoms with van der Waals surface area (Å²) in [5.41, 5.74) is 2.00. The first-order chi connectivity index (χ1) is 15.4. The molecule has 3 heterocycles. The molecule has 2 aromatic rings. The highest BCUT2D eigenvalue weighted by molar-refractivity contribution is 7.89. The monoisotopic (exact) mass is 456 g/mol. The number of aromatic nitrogens is 1. The minimum atomic E-state index is -3.61. The van der Waals surface area contributed by atoms with E-state index in [-0.39, 0.29) is 29.7 Å². The van der Waals surface area contributed by atoms with Gasteiger partial charge in [0.2, 0.25) is 21.8 Å². The third-order valence-electron chi connectivity index (χ3n) is 6.05. The second-order valence-electron chi connectivity index (χ2n) is 8.26. The van der Waals surface area contributed by atoms with Gasteiger partial charge < -0.3 is 5.32 Å². The molecule has 1 aromatic carbocycles. The van der Waals surface area contributed by atoms with Crippen molar-refractivity contribution in [2.24, 2.45) is 0 Å². The van der Waals surface area contributed by atoms with Crippen molar-refractivity contribution in [3.8, 4) is 0 Å². The van der Waals surface area contributed by atoms with Gasteiger partial charge in [-0.15, -0.1) is 0 Å². The minimum Gasteiger partial charge on any atom is -0.349 e. The maximum absolute atomic E-state index is 13.2. The first-order valence-corrected chi connectivity index (χ1v) is 12.4. The second kappa shape index (κ2) is 9.38. The topological polar surface area (TPSA) is 99.7 Å². The van der Waals surface area contributed by atoms with Crippen molar-refractivity contribution in [1.29, 1.82) is 0 Å². The van der Waals surface area contributed by atoms with Gasteiger partial charge in [0.25, 0.3) is 0 Å². The van der Waals surface area contributed by atoms with Crippen LogP contribution in [0.25, 0.3) is 0 Å². The van der Waals surface area contributed by atoms with Gasteiger partial charge in [0, 0.05) is 38.3 Å². The second-order valence-corrected chi connectivity index (χ2v) is 10.2. The van der Waals surface area contributed by atoms with Crippen LogP contribution in [0.4, 0.5) is 5.69 Å². The number of amides is 2. The van der Waals surface area contributed by atoms with Crippen molar-refractivity contribution in [2.45, 2.75) is 56.5 Å². The summed E-state index contributed by atoms with van der Waals surface area (Å²) in [6, 6.07) is 9.55. The Balaban J connectivity index is 1.55. The number of sulfonamides is 1. The molecule has 1 unspecified atom stereocenters. The molecule has 4 rings (SSSR count). The van der Waals surface area contributed by atoms with Crippen molar-refractivity contribution < 1.29 is 18.0 Å². The number of hydrogen-bond donors (Lipinski definition) is 1. The first kappa shape index (κ1) is 22.4. The van der Waals surface area contributed by atoms with E-state index in [9.17, 15) is 18.0 Å². The highest BCUT2D eigenvalue weighted by atomic mass is 32.2. The number of benzene rings is 1. The van der Waals surface area contributed by atoms with E-state index >= 15 is 0 Å². The lowest BCUT2D eigenvalue weighted by Gasteiger charge is -2.23. The van der Waals surface area contributed by atoms with Crippen molar-refractivity contribution >= 4 is 27.5 Å². The van der Waals surface area contributed by atoms with E-state index in [2.05, 4.69) is 10.3 Å². The molecule has 1 fully saturated rings. The van der Waals surface area contributed by atoms with E-state index in [1.54, 1.807) is 34.8 Å². The summed E-state index contributed by atoms with van der Waals surface area (Å²) < 4.78 is 27.9. The molecular weight excluding hydrogens is 428 g/mol. The summed E-state index contributed by atoms with van der Waals surface area (Å²) in [7, 11) is -3.61. The SMILES string of the molecule is CC(=O)N1c2ccc(S(=O)(=O)N3CCCCCC3)cc2CC1C(=O)NCc1ccccn1. The molecule has 1 N–H and O–H groups in total. The van der Waals surface area contributed by atoms with Gasteiger partial charge in [-0.25, -0.2) is 8.42 Å². The highest BCUT2D eigenvalue weighted by Gasteiger charge is 2.38. The summed E-state index contributed by atoms with van der Waals surface area (Å²) in [5, 5.41) is 2.84. The first-order valence-electron chi connectivity index (χ1n) is 11.0. The zero-order chi connectivity index (χ0) is 22.7. The molecule has 0 spiro atoms. The van der Waals surface area contributed by atoms with Crippen LogP contribution in [0.3, 0.4) is 0 Å². The van der Waals surface area contributed by atoms with E-state index in [0.717, 1.165) is 31.4 Å². The molecule has 0 saturated carbocycles. The van der Waals surface area contributed by atoms with Gasteiger partial charge in [0.1, 0.15) is 6.04 Å². The van der Waals surface area contributed by atoms with Crippen LogP contribution in [0.2, 0.25) is 0 Å². The Morgan fingerprint density at radius 3 is 2.50 bits per heavy atom. The molecule has 8 nitrogen and oxygen atoms in total. The van der Waals surface area contributed by atoms with Crippen LogP contribution < -0.4 is 10.2 Å². The number of carbonyl (C=O) groups is 2. The molecule has 0 radical (unpaired) electrons. The molecule has 2 amide bonds. The lowest BCUT2D eigenvalue weighted by Crippen LogP contribution is -2.47. The van der Waals surface area contributed by atoms with E-state index in [1.165, 1.54) is 11.8 Å². The zero-order valence-corrected chi connectivity index (χ0v) is 19.0. The smallest absolute Gasteiger partial charge is 0.243 e. The zero-order valence-electron chi connectivity index (χ0n) is 18.2. The summed E-state index contributed by atoms with van der Waals surface area (Å²) >= 11 is 0. The number of carbonyl (C=O) groups excluding carboxylic acids is 2. The largest absolute Gasteiger partial charge is 0.349 e. The molecule has 170 valence electrons. The van der Waals surface area contributed by atoms with Crippen LogP contribution in [-0.2, 0) is 32.6 Å². The Bertz CT molecular complexity index is 1100. The van der Waals surface area contributed by atoms with Gasteiger partial charge in [0.15, 0.2) is 0 Å². The van der Waals surface area contributed by atoms with E-state index < -0.39 is 16.1 Å². The fraction of sp³-hybridized carbons (Fsp3) is 0.435. The predicted octanol–water partition coefficient (Wildman–Crippen LogP) is 2.24. The van der Waals surface area contributed by atoms with Crippen molar-refractivity contribution in [2.75, 3.05) is 18.0 Å². The van der Waals surface area contributed by atoms with Gasteiger partial charge >= 0.3 is 0 Å². The van der Waals surface area contributed by atoms with Crippen molar-refractivity contribution in [3.05, 3.63) is 53.9 Å². The normalized spacial score (nSPS) is 19.3. The fourth-order valence-electron chi connectivity index (χ4n) is 4.42. The molecule has 1 atom stereocenters. The number of fused-ring (bicyclic) bond motifs is 1. The number of hydrogen-bond acceptors (Lipinski definition) is 5. The molecule has 2 aliphatic rings. The van der Waals surface area contributed by atoms with Gasteiger partial charge in [-0.1, -0.05) is 18.9 Å². The molecule has 1 aromatic heterocycles. The average molecular weight is 457 g/mol. The Labute approximate surface area is 188 Å². The summed E-state index contributed by atoms with van der Waals surface area (Å²) in [4.78, 5) is 31.1. The molecule has 9 heteroatoms. The van der Waals surface area contributed by atoms with Crippen LogP contribution in [0.1, 0.15) is 43.9 Å². The van der Waals surface area contributed by atoms with Gasteiger partial charge in [-0.05, 0) is 48.7 Å². The summed E-state index contributed by atoms with van der Waals surface area (Å²) in [5.74, 6) is -0.552. The highest BCUT2D eigenvalue weighted by Crippen LogP contribution is 2.35. The molecule has 32 heavy (non-hydrogen) atoms. The summed E-state index contributed by atoms with van der Waals surface area (Å²) in [6.45, 7) is 2.72. The number of nitrogens with zero attached hydrogens (tertiary/aromatic N) is 3. The maximum atomic E-state index is 13.2. The number of rotatable bonds is 5. The fourth-order valence-corrected chi connectivity index (χ4v) is 5.98. The third-order valence-corrected chi connectivity index (χ3v) is 7.94. The van der Waals surface area contributed by atoms with Crippen LogP contribution in [-0.4, -0.2) is 48.7 Å². The molecule has 0 bridgehead atoms. The Kier molecular flexibility index (Phi) is 6.57. The van der Waals surface area contributed by atoms with E-state index in [1.807, 2.05) is 12.1 Å². The summed E-state index contributed by atoms with van der Waals surface area (Å²) in [6.07, 6.45) is 5.73. The minimum absolute atomic E-state index is 0.219. The predicted molar refractivity (Wildman–Crippen MR) is 120 cm³/mol. The molecule has 1 saturated heterocycles. The van der Waals surface area contributed by atoms with Crippen LogP contribution in [0.5, 0.6) is 0 Å². The number of nitrogens with one attached hydrogen (secondary N) is 1. The van der Waals surface area contributed by atoms with Gasteiger partial charge in [-0.2, -0.15) is 4.31 Å². The Morgan fingerprint density at radius 1 is 1.09 bits per heavy atom. The average Bonchev–Trinajstić information content (AvgIpc) is 2.96. The standard InChI is InChI=1S/C23H28N4O4S/c1-17(28)27-21-10-9-20(32(30,31)26-12-6-2-3-7-13-26)14-18(21)15-22(27)23(29)25-16-19-8-4-5-11-24-19/h4-5,8-11,14,22H,2-3,6-7,12-13,15-16H2,1H3,(H,25,29). The number of anilines is 1. The lowest BCUT2D eigenvalue weighted by molar-refractivity contribution is -0.125. The van der Waals surface area contributed by atoms with Crippen LogP contribution in [0, 0.1) is 0 Å². The van der Waals surface area contributed by atoms with Gasteiger partial charge in [0.05, 0.1) is 17.1 Å². The van der Waals surface area contributed by atoms with E-state index in [0.29, 0.717) is 24.3 Å². The number of pyridine rings is 1. The maximum Gasteiger partial charge on any atom is 0.243 e. The lowest BCUT2D eigenvalue weighted by atomic mass is 10.1. The van der Waals surface area contributed by atoms with Crippen LogP contribution in [0.15, 0.2) is 47.5 Å². The van der Waals surface area contributed by atoms with Gasteiger partial charge in [-0.3, -0.25) is 19.5 Å². The third kappa shape index (κ3) is 4.54. The van der Waals surface area contributed by atoms with Crippen molar-refractivity contribution in [1.82, 2.24) is 14.6 Å². The molecular formula is C23H28N4O4S. The van der Waals surface area contributed by atoms with E-state index in [4.69, 9.17) is 0 Å². The van der Waals surface area contributed by atoms with Crippen molar-refractivity contribution in [3.63, 3.8) is 0 Å². The molecule has 0 aliphatic carbocycles.